The minimum Gasteiger partial charge on any atom is -0.465 e. The van der Waals surface area contributed by atoms with Gasteiger partial charge in [-0.15, -0.1) is 11.3 Å². The molecule has 1 aromatic rings. The number of rotatable bonds is 3. The predicted octanol–water partition coefficient (Wildman–Crippen LogP) is 2.23. The maximum atomic E-state index is 11.3. The van der Waals surface area contributed by atoms with Gasteiger partial charge in [-0.05, 0) is 30.0 Å². The second kappa shape index (κ2) is 3.86. The van der Waals surface area contributed by atoms with E-state index in [0.29, 0.717) is 23.3 Å². The predicted molar refractivity (Wildman–Crippen MR) is 64.7 cm³/mol. The monoisotopic (exact) mass is 239 g/mol. The van der Waals surface area contributed by atoms with Gasteiger partial charge in [-0.2, -0.15) is 0 Å². The smallest absolute Gasteiger partial charge is 0.348 e. The van der Waals surface area contributed by atoms with Crippen LogP contribution in [0.15, 0.2) is 12.1 Å². The van der Waals surface area contributed by atoms with Gasteiger partial charge in [0.2, 0.25) is 0 Å². The Balaban J connectivity index is 2.18. The van der Waals surface area contributed by atoms with E-state index in [1.54, 1.807) is 0 Å². The van der Waals surface area contributed by atoms with Crippen LogP contribution >= 0.6 is 11.3 Å². The van der Waals surface area contributed by atoms with Crippen molar-refractivity contribution < 1.29 is 9.53 Å². The molecule has 2 unspecified atom stereocenters. The van der Waals surface area contributed by atoms with Crippen molar-refractivity contribution in [3.05, 3.63) is 21.9 Å². The van der Waals surface area contributed by atoms with Gasteiger partial charge in [0.1, 0.15) is 4.88 Å². The lowest BCUT2D eigenvalue weighted by atomic mass is 10.1. The number of hydrogen-bond acceptors (Lipinski definition) is 4. The summed E-state index contributed by atoms with van der Waals surface area (Å²) >= 11 is 1.53. The van der Waals surface area contributed by atoms with Crippen LogP contribution in [0.5, 0.6) is 0 Å². The van der Waals surface area contributed by atoms with Gasteiger partial charge in [-0.3, -0.25) is 0 Å². The van der Waals surface area contributed by atoms with E-state index in [9.17, 15) is 4.79 Å². The number of thiophene rings is 1. The van der Waals surface area contributed by atoms with E-state index in [2.05, 4.69) is 13.8 Å². The van der Waals surface area contributed by atoms with Gasteiger partial charge >= 0.3 is 5.97 Å². The second-order valence-electron chi connectivity index (χ2n) is 4.83. The van der Waals surface area contributed by atoms with Crippen molar-refractivity contribution in [1.29, 1.82) is 0 Å². The standard InChI is InChI=1S/C12H17NO2S/c1-12(2)7(6-13)10(12)8-4-5-9(16-8)11(14)15-3/h4-5,7,10H,6,13H2,1-3H3. The highest BCUT2D eigenvalue weighted by molar-refractivity contribution is 7.14. The van der Waals surface area contributed by atoms with Gasteiger partial charge < -0.3 is 10.5 Å². The highest BCUT2D eigenvalue weighted by Crippen LogP contribution is 2.64. The molecular weight excluding hydrogens is 222 g/mol. The fraction of sp³-hybridized carbons (Fsp3) is 0.583. The number of nitrogens with two attached hydrogens (primary N) is 1. The third kappa shape index (κ3) is 1.66. The normalized spacial score (nSPS) is 26.5. The summed E-state index contributed by atoms with van der Waals surface area (Å²) in [6.45, 7) is 5.17. The zero-order valence-electron chi connectivity index (χ0n) is 9.82. The molecule has 1 saturated carbocycles. The molecule has 88 valence electrons. The van der Waals surface area contributed by atoms with Crippen LogP contribution in [0.4, 0.5) is 0 Å². The molecule has 1 fully saturated rings. The van der Waals surface area contributed by atoms with E-state index in [1.807, 2.05) is 12.1 Å². The lowest BCUT2D eigenvalue weighted by Gasteiger charge is -1.99. The summed E-state index contributed by atoms with van der Waals surface area (Å²) in [6.07, 6.45) is 0. The molecule has 1 heterocycles. The zero-order valence-corrected chi connectivity index (χ0v) is 10.6. The fourth-order valence-electron chi connectivity index (χ4n) is 2.48. The van der Waals surface area contributed by atoms with Crippen LogP contribution in [0.2, 0.25) is 0 Å². The average molecular weight is 239 g/mol. The first-order valence-electron chi connectivity index (χ1n) is 5.40. The molecule has 0 aliphatic heterocycles. The van der Waals surface area contributed by atoms with Crippen LogP contribution in [0.3, 0.4) is 0 Å². The van der Waals surface area contributed by atoms with Crippen molar-refractivity contribution in [3.8, 4) is 0 Å². The first-order chi connectivity index (χ1) is 7.52. The lowest BCUT2D eigenvalue weighted by molar-refractivity contribution is 0.0606. The largest absolute Gasteiger partial charge is 0.465 e. The first-order valence-corrected chi connectivity index (χ1v) is 6.22. The topological polar surface area (TPSA) is 52.3 Å². The van der Waals surface area contributed by atoms with Crippen LogP contribution in [0.25, 0.3) is 0 Å². The Morgan fingerprint density at radius 2 is 2.25 bits per heavy atom. The SMILES string of the molecule is COC(=O)c1ccc(C2C(CN)C2(C)C)s1. The number of methoxy groups -OCH3 is 1. The van der Waals surface area contributed by atoms with Gasteiger partial charge in [-0.1, -0.05) is 13.8 Å². The second-order valence-corrected chi connectivity index (χ2v) is 5.95. The van der Waals surface area contributed by atoms with Crippen molar-refractivity contribution in [1.82, 2.24) is 0 Å². The van der Waals surface area contributed by atoms with Crippen molar-refractivity contribution in [2.75, 3.05) is 13.7 Å². The molecule has 0 saturated heterocycles. The molecule has 2 N–H and O–H groups in total. The number of carbonyl (C=O) groups is 1. The number of hydrogen-bond donors (Lipinski definition) is 1. The molecule has 2 rings (SSSR count). The van der Waals surface area contributed by atoms with Crippen molar-refractivity contribution >= 4 is 17.3 Å². The molecule has 3 nitrogen and oxygen atoms in total. The molecule has 0 aromatic carbocycles. The molecule has 0 bridgehead atoms. The van der Waals surface area contributed by atoms with E-state index < -0.39 is 0 Å². The summed E-state index contributed by atoms with van der Waals surface area (Å²) < 4.78 is 4.70. The summed E-state index contributed by atoms with van der Waals surface area (Å²) in [4.78, 5) is 13.3. The third-order valence-corrected chi connectivity index (χ3v) is 4.77. The molecule has 1 aromatic heterocycles. The van der Waals surface area contributed by atoms with E-state index in [4.69, 9.17) is 10.5 Å². The number of esters is 1. The Morgan fingerprint density at radius 3 is 2.75 bits per heavy atom. The molecule has 4 heteroatoms. The molecule has 16 heavy (non-hydrogen) atoms. The zero-order chi connectivity index (χ0) is 11.9. The van der Waals surface area contributed by atoms with Crippen molar-refractivity contribution in [2.45, 2.75) is 19.8 Å². The highest BCUT2D eigenvalue weighted by Gasteiger charge is 2.57. The quantitative estimate of drug-likeness (QED) is 0.823. The van der Waals surface area contributed by atoms with Gasteiger partial charge in [0.05, 0.1) is 7.11 Å². The first kappa shape index (κ1) is 11.6. The summed E-state index contributed by atoms with van der Waals surface area (Å²) in [5.41, 5.74) is 6.01. The number of ether oxygens (including phenoxy) is 1. The van der Waals surface area contributed by atoms with Gasteiger partial charge in [0, 0.05) is 10.8 Å². The summed E-state index contributed by atoms with van der Waals surface area (Å²) in [7, 11) is 1.41. The molecule has 0 spiro atoms. The van der Waals surface area contributed by atoms with Crippen molar-refractivity contribution in [3.63, 3.8) is 0 Å². The molecule has 1 aliphatic carbocycles. The van der Waals surface area contributed by atoms with Crippen LogP contribution in [0, 0.1) is 11.3 Å². The van der Waals surface area contributed by atoms with Crippen LogP contribution in [0.1, 0.15) is 34.3 Å². The van der Waals surface area contributed by atoms with Gasteiger partial charge in [-0.25, -0.2) is 4.79 Å². The molecule has 2 atom stereocenters. The highest BCUT2D eigenvalue weighted by atomic mass is 32.1. The Bertz CT molecular complexity index is 411. The lowest BCUT2D eigenvalue weighted by Crippen LogP contribution is -2.05. The van der Waals surface area contributed by atoms with Crippen LogP contribution in [-0.4, -0.2) is 19.6 Å². The van der Waals surface area contributed by atoms with Crippen LogP contribution in [-0.2, 0) is 4.74 Å². The average Bonchev–Trinajstić information content (AvgIpc) is 2.67. The Labute approximate surface area is 99.6 Å². The Morgan fingerprint density at radius 1 is 1.56 bits per heavy atom. The molecular formula is C12H17NO2S. The van der Waals surface area contributed by atoms with Crippen molar-refractivity contribution in [2.24, 2.45) is 17.1 Å². The third-order valence-electron chi connectivity index (χ3n) is 3.62. The van der Waals surface area contributed by atoms with E-state index >= 15 is 0 Å². The van der Waals surface area contributed by atoms with E-state index in [1.165, 1.54) is 23.3 Å². The molecule has 0 radical (unpaired) electrons. The maximum absolute atomic E-state index is 11.3. The fourth-order valence-corrected chi connectivity index (χ4v) is 3.77. The number of carbonyl (C=O) groups excluding carboxylic acids is 1. The van der Waals surface area contributed by atoms with Gasteiger partial charge in [0.25, 0.3) is 0 Å². The minimum atomic E-state index is -0.251. The summed E-state index contributed by atoms with van der Waals surface area (Å²) in [5.74, 6) is 0.788. The van der Waals surface area contributed by atoms with Gasteiger partial charge in [0.15, 0.2) is 0 Å². The van der Waals surface area contributed by atoms with Crippen LogP contribution < -0.4 is 5.73 Å². The molecule has 1 aliphatic rings. The van der Waals surface area contributed by atoms with E-state index in [0.717, 1.165) is 0 Å². The summed E-state index contributed by atoms with van der Waals surface area (Å²) in [5, 5.41) is 0. The summed E-state index contributed by atoms with van der Waals surface area (Å²) in [6, 6.07) is 3.87. The minimum absolute atomic E-state index is 0.251. The molecule has 0 amide bonds. The van der Waals surface area contributed by atoms with E-state index in [-0.39, 0.29) is 11.4 Å². The Hall–Kier alpha value is -0.870. The maximum Gasteiger partial charge on any atom is 0.348 e. The Kier molecular flexibility index (Phi) is 2.80.